The summed E-state index contributed by atoms with van der Waals surface area (Å²) in [6.07, 6.45) is 5.10. The molecule has 1 saturated heterocycles. The first kappa shape index (κ1) is 16.6. The van der Waals surface area contributed by atoms with Gasteiger partial charge in [0.1, 0.15) is 5.82 Å². The van der Waals surface area contributed by atoms with Crippen LogP contribution in [-0.4, -0.2) is 39.7 Å². The van der Waals surface area contributed by atoms with Crippen molar-refractivity contribution in [3.63, 3.8) is 0 Å². The number of aromatic nitrogens is 2. The van der Waals surface area contributed by atoms with Gasteiger partial charge in [0.05, 0.1) is 6.04 Å². The maximum Gasteiger partial charge on any atom is 0.224 e. The Morgan fingerprint density at radius 1 is 1.38 bits per heavy atom. The van der Waals surface area contributed by atoms with Gasteiger partial charge in [-0.25, -0.2) is 4.39 Å². The molecule has 3 unspecified atom stereocenters. The first-order valence-corrected chi connectivity index (χ1v) is 8.29. The van der Waals surface area contributed by atoms with E-state index in [1.165, 1.54) is 12.1 Å². The third-order valence-electron chi connectivity index (χ3n) is 4.65. The lowest BCUT2D eigenvalue weighted by atomic mass is 9.99. The Bertz CT molecular complexity index is 671. The van der Waals surface area contributed by atoms with Crippen LogP contribution in [0.5, 0.6) is 0 Å². The van der Waals surface area contributed by atoms with E-state index in [1.807, 2.05) is 24.0 Å². The minimum absolute atomic E-state index is 0.0283. The predicted molar refractivity (Wildman–Crippen MR) is 89.8 cm³/mol. The summed E-state index contributed by atoms with van der Waals surface area (Å²) in [6, 6.07) is 8.55. The van der Waals surface area contributed by atoms with Crippen LogP contribution in [0.3, 0.4) is 0 Å². The monoisotopic (exact) mass is 330 g/mol. The number of likely N-dealkylation sites (N-methyl/N-ethyl adjacent to an activating group) is 1. The number of nitrogens with zero attached hydrogens (tertiary/aromatic N) is 3. The molecule has 1 aromatic heterocycles. The van der Waals surface area contributed by atoms with Crippen molar-refractivity contribution in [2.24, 2.45) is 0 Å². The van der Waals surface area contributed by atoms with Gasteiger partial charge in [-0.15, -0.1) is 0 Å². The number of benzene rings is 1. The summed E-state index contributed by atoms with van der Waals surface area (Å²) in [5.74, 6) is -0.149. The van der Waals surface area contributed by atoms with E-state index >= 15 is 0 Å². The van der Waals surface area contributed by atoms with E-state index in [-0.39, 0.29) is 29.8 Å². The van der Waals surface area contributed by atoms with E-state index in [9.17, 15) is 9.18 Å². The molecule has 0 aliphatic carbocycles. The molecule has 1 aliphatic rings. The van der Waals surface area contributed by atoms with Crippen molar-refractivity contribution in [2.45, 2.75) is 44.4 Å². The Balaban J connectivity index is 1.66. The molecule has 1 N–H and O–H groups in total. The van der Waals surface area contributed by atoms with Gasteiger partial charge in [-0.1, -0.05) is 12.1 Å². The number of nitrogens with one attached hydrogen (secondary N) is 1. The first-order chi connectivity index (χ1) is 11.5. The van der Waals surface area contributed by atoms with Gasteiger partial charge in [-0.05, 0) is 37.1 Å². The average Bonchev–Trinajstić information content (AvgIpc) is 3.16. The van der Waals surface area contributed by atoms with E-state index in [1.54, 1.807) is 23.2 Å². The molecule has 0 radical (unpaired) electrons. The maximum atomic E-state index is 13.2. The van der Waals surface area contributed by atoms with Crippen LogP contribution in [-0.2, 0) is 11.3 Å². The summed E-state index contributed by atoms with van der Waals surface area (Å²) in [5, 5.41) is 7.77. The second-order valence-corrected chi connectivity index (χ2v) is 6.44. The first-order valence-electron chi connectivity index (χ1n) is 8.29. The van der Waals surface area contributed by atoms with Gasteiger partial charge in [-0.2, -0.15) is 5.10 Å². The van der Waals surface area contributed by atoms with Crippen LogP contribution < -0.4 is 5.32 Å². The standard InChI is InChI=1S/C18H23FN4O/c1-13(8-11-23-10-3-9-20-23)21-16-12-17(24)22(2)18(16)14-4-6-15(19)7-5-14/h3-7,9-10,13,16,18,21H,8,11-12H2,1-2H3. The molecule has 0 bridgehead atoms. The van der Waals surface area contributed by atoms with Gasteiger partial charge in [0.15, 0.2) is 0 Å². The number of likely N-dealkylation sites (tertiary alicyclic amines) is 1. The molecule has 24 heavy (non-hydrogen) atoms. The molecule has 5 nitrogen and oxygen atoms in total. The smallest absolute Gasteiger partial charge is 0.224 e. The van der Waals surface area contributed by atoms with Crippen molar-refractivity contribution in [2.75, 3.05) is 7.05 Å². The summed E-state index contributed by atoms with van der Waals surface area (Å²) >= 11 is 0. The van der Waals surface area contributed by atoms with E-state index in [0.29, 0.717) is 6.42 Å². The highest BCUT2D eigenvalue weighted by Crippen LogP contribution is 2.32. The van der Waals surface area contributed by atoms with Crippen LogP contribution in [0.4, 0.5) is 4.39 Å². The Hall–Kier alpha value is -2.21. The zero-order valence-electron chi connectivity index (χ0n) is 14.0. The Morgan fingerprint density at radius 2 is 2.12 bits per heavy atom. The average molecular weight is 330 g/mol. The number of carbonyl (C=O) groups is 1. The van der Waals surface area contributed by atoms with Gasteiger partial charge >= 0.3 is 0 Å². The number of halogens is 1. The summed E-state index contributed by atoms with van der Waals surface area (Å²) in [4.78, 5) is 13.9. The van der Waals surface area contributed by atoms with Crippen LogP contribution in [0.2, 0.25) is 0 Å². The van der Waals surface area contributed by atoms with Crippen molar-refractivity contribution in [1.29, 1.82) is 0 Å². The highest BCUT2D eigenvalue weighted by atomic mass is 19.1. The molecule has 0 saturated carbocycles. The fourth-order valence-corrected chi connectivity index (χ4v) is 3.34. The van der Waals surface area contributed by atoms with Crippen molar-refractivity contribution < 1.29 is 9.18 Å². The van der Waals surface area contributed by atoms with Gasteiger partial charge < -0.3 is 10.2 Å². The molecule has 1 aliphatic heterocycles. The van der Waals surface area contributed by atoms with Crippen LogP contribution in [0.1, 0.15) is 31.4 Å². The van der Waals surface area contributed by atoms with Crippen LogP contribution in [0, 0.1) is 5.82 Å². The molecule has 1 fully saturated rings. The van der Waals surface area contributed by atoms with Crippen molar-refractivity contribution in [3.8, 4) is 0 Å². The van der Waals surface area contributed by atoms with E-state index in [0.717, 1.165) is 18.5 Å². The largest absolute Gasteiger partial charge is 0.337 e. The van der Waals surface area contributed by atoms with Crippen LogP contribution >= 0.6 is 0 Å². The number of hydrogen-bond acceptors (Lipinski definition) is 3. The third-order valence-corrected chi connectivity index (χ3v) is 4.65. The second-order valence-electron chi connectivity index (χ2n) is 6.44. The quantitative estimate of drug-likeness (QED) is 0.885. The topological polar surface area (TPSA) is 50.2 Å². The minimum Gasteiger partial charge on any atom is -0.337 e. The highest BCUT2D eigenvalue weighted by molar-refractivity contribution is 5.80. The Labute approximate surface area is 141 Å². The molecule has 128 valence electrons. The molecule has 3 atom stereocenters. The minimum atomic E-state index is -0.261. The molecule has 6 heteroatoms. The number of amides is 1. The second kappa shape index (κ2) is 7.13. The lowest BCUT2D eigenvalue weighted by Crippen LogP contribution is -2.40. The van der Waals surface area contributed by atoms with Crippen LogP contribution in [0.15, 0.2) is 42.7 Å². The zero-order chi connectivity index (χ0) is 17.1. The highest BCUT2D eigenvalue weighted by Gasteiger charge is 2.38. The fourth-order valence-electron chi connectivity index (χ4n) is 3.34. The molecule has 0 spiro atoms. The molecular weight excluding hydrogens is 307 g/mol. The van der Waals surface area contributed by atoms with Crippen molar-refractivity contribution in [3.05, 3.63) is 54.1 Å². The number of rotatable bonds is 6. The number of hydrogen-bond donors (Lipinski definition) is 1. The van der Waals surface area contributed by atoms with Gasteiger partial charge in [0, 0.05) is 44.5 Å². The maximum absolute atomic E-state index is 13.2. The SMILES string of the molecule is CC(CCn1cccn1)NC1CC(=O)N(C)C1c1ccc(F)cc1. The van der Waals surface area contributed by atoms with Crippen LogP contribution in [0.25, 0.3) is 0 Å². The zero-order valence-corrected chi connectivity index (χ0v) is 14.0. The predicted octanol–water partition coefficient (Wildman–Crippen LogP) is 2.36. The molecule has 2 aromatic rings. The Kier molecular flexibility index (Phi) is 4.94. The third kappa shape index (κ3) is 3.64. The number of aryl methyl sites for hydroxylation is 1. The normalized spacial score (nSPS) is 22.1. The summed E-state index contributed by atoms with van der Waals surface area (Å²) < 4.78 is 15.1. The fraction of sp³-hybridized carbons (Fsp3) is 0.444. The molecule has 1 aromatic carbocycles. The molecule has 3 rings (SSSR count). The van der Waals surface area contributed by atoms with E-state index in [2.05, 4.69) is 17.3 Å². The lowest BCUT2D eigenvalue weighted by Gasteiger charge is -2.28. The summed E-state index contributed by atoms with van der Waals surface area (Å²) in [7, 11) is 1.81. The van der Waals surface area contributed by atoms with Crippen molar-refractivity contribution >= 4 is 5.91 Å². The van der Waals surface area contributed by atoms with E-state index < -0.39 is 0 Å². The molecule has 2 heterocycles. The van der Waals surface area contributed by atoms with E-state index in [4.69, 9.17) is 0 Å². The van der Waals surface area contributed by atoms with Gasteiger partial charge in [-0.3, -0.25) is 9.48 Å². The number of carbonyl (C=O) groups excluding carboxylic acids is 1. The molecular formula is C18H23FN4O. The Morgan fingerprint density at radius 3 is 2.79 bits per heavy atom. The summed E-state index contributed by atoms with van der Waals surface area (Å²) in [5.41, 5.74) is 0.960. The van der Waals surface area contributed by atoms with Gasteiger partial charge in [0.2, 0.25) is 5.91 Å². The van der Waals surface area contributed by atoms with Crippen molar-refractivity contribution in [1.82, 2.24) is 20.0 Å². The summed E-state index contributed by atoms with van der Waals surface area (Å²) in [6.45, 7) is 2.95. The van der Waals surface area contributed by atoms with Gasteiger partial charge in [0.25, 0.3) is 0 Å². The lowest BCUT2D eigenvalue weighted by molar-refractivity contribution is -0.127. The molecule has 1 amide bonds.